The summed E-state index contributed by atoms with van der Waals surface area (Å²) in [5.41, 5.74) is 6.23. The SMILES string of the molecule is COc1ccc(C(=O)NCCN=C(N)NC(C)C)cc1.I. The summed E-state index contributed by atoms with van der Waals surface area (Å²) < 4.78 is 5.04. The number of hydrogen-bond acceptors (Lipinski definition) is 3. The van der Waals surface area contributed by atoms with Gasteiger partial charge in [0.1, 0.15) is 5.75 Å². The molecule has 1 amide bonds. The molecule has 0 atom stereocenters. The largest absolute Gasteiger partial charge is 0.497 e. The number of carbonyl (C=O) groups is 1. The van der Waals surface area contributed by atoms with Crippen molar-refractivity contribution in [2.24, 2.45) is 10.7 Å². The molecular weight excluding hydrogens is 383 g/mol. The maximum atomic E-state index is 11.8. The predicted octanol–water partition coefficient (Wildman–Crippen LogP) is 1.36. The van der Waals surface area contributed by atoms with Crippen LogP contribution in [0.25, 0.3) is 0 Å². The van der Waals surface area contributed by atoms with Crippen LogP contribution in [0, 0.1) is 0 Å². The van der Waals surface area contributed by atoms with Gasteiger partial charge in [-0.05, 0) is 38.1 Å². The first-order valence-corrected chi connectivity index (χ1v) is 6.51. The van der Waals surface area contributed by atoms with E-state index in [4.69, 9.17) is 10.5 Å². The van der Waals surface area contributed by atoms with Gasteiger partial charge in [-0.2, -0.15) is 0 Å². The molecule has 1 rings (SSSR count). The Morgan fingerprint density at radius 2 is 1.95 bits per heavy atom. The van der Waals surface area contributed by atoms with E-state index in [2.05, 4.69) is 15.6 Å². The number of nitrogens with two attached hydrogens (primary N) is 1. The molecule has 0 radical (unpaired) electrons. The van der Waals surface area contributed by atoms with Crippen LogP contribution in [0.15, 0.2) is 29.3 Å². The maximum Gasteiger partial charge on any atom is 0.251 e. The Morgan fingerprint density at radius 1 is 1.33 bits per heavy atom. The van der Waals surface area contributed by atoms with E-state index in [1.54, 1.807) is 31.4 Å². The highest BCUT2D eigenvalue weighted by molar-refractivity contribution is 14.0. The summed E-state index contributed by atoms with van der Waals surface area (Å²) in [6.45, 7) is 4.83. The number of amides is 1. The summed E-state index contributed by atoms with van der Waals surface area (Å²) in [5, 5.41) is 5.75. The molecule has 0 saturated heterocycles. The molecule has 0 fully saturated rings. The molecule has 0 spiro atoms. The Hall–Kier alpha value is -1.51. The number of benzene rings is 1. The van der Waals surface area contributed by atoms with E-state index in [1.807, 2.05) is 13.8 Å². The molecule has 118 valence electrons. The molecule has 0 aliphatic carbocycles. The smallest absolute Gasteiger partial charge is 0.251 e. The predicted molar refractivity (Wildman–Crippen MR) is 95.5 cm³/mol. The van der Waals surface area contributed by atoms with Gasteiger partial charge in [-0.1, -0.05) is 0 Å². The molecule has 0 unspecified atom stereocenters. The van der Waals surface area contributed by atoms with Crippen molar-refractivity contribution in [1.82, 2.24) is 10.6 Å². The first-order chi connectivity index (χ1) is 9.52. The molecule has 21 heavy (non-hydrogen) atoms. The van der Waals surface area contributed by atoms with Gasteiger partial charge in [-0.15, -0.1) is 24.0 Å². The second-order valence-electron chi connectivity index (χ2n) is 4.55. The van der Waals surface area contributed by atoms with Crippen molar-refractivity contribution < 1.29 is 9.53 Å². The van der Waals surface area contributed by atoms with Crippen molar-refractivity contribution in [3.05, 3.63) is 29.8 Å². The number of rotatable bonds is 6. The number of ether oxygens (including phenoxy) is 1. The highest BCUT2D eigenvalue weighted by Gasteiger charge is 2.04. The van der Waals surface area contributed by atoms with E-state index in [0.29, 0.717) is 24.6 Å². The minimum absolute atomic E-state index is 0. The first-order valence-electron chi connectivity index (χ1n) is 6.51. The van der Waals surface area contributed by atoms with Gasteiger partial charge in [-0.25, -0.2) is 0 Å². The first kappa shape index (κ1) is 19.5. The molecule has 0 aliphatic heterocycles. The number of aliphatic imine (C=N–C) groups is 1. The normalized spacial score (nSPS) is 10.8. The summed E-state index contributed by atoms with van der Waals surface area (Å²) in [5.74, 6) is 0.968. The van der Waals surface area contributed by atoms with Crippen LogP contribution in [0.1, 0.15) is 24.2 Å². The Morgan fingerprint density at radius 3 is 2.48 bits per heavy atom. The van der Waals surface area contributed by atoms with E-state index < -0.39 is 0 Å². The lowest BCUT2D eigenvalue weighted by Crippen LogP contribution is -2.37. The topological polar surface area (TPSA) is 88.7 Å². The quantitative estimate of drug-likeness (QED) is 0.288. The van der Waals surface area contributed by atoms with Crippen molar-refractivity contribution in [3.63, 3.8) is 0 Å². The third-order valence-corrected chi connectivity index (χ3v) is 2.47. The van der Waals surface area contributed by atoms with Crippen molar-refractivity contribution in [2.75, 3.05) is 20.2 Å². The van der Waals surface area contributed by atoms with E-state index in [1.165, 1.54) is 0 Å². The fraction of sp³-hybridized carbons (Fsp3) is 0.429. The molecule has 0 aromatic heterocycles. The van der Waals surface area contributed by atoms with Gasteiger partial charge in [0.2, 0.25) is 0 Å². The van der Waals surface area contributed by atoms with Gasteiger partial charge in [0.15, 0.2) is 5.96 Å². The van der Waals surface area contributed by atoms with Crippen molar-refractivity contribution in [1.29, 1.82) is 0 Å². The van der Waals surface area contributed by atoms with E-state index in [0.717, 1.165) is 5.75 Å². The molecule has 4 N–H and O–H groups in total. The van der Waals surface area contributed by atoms with Crippen LogP contribution in [0.5, 0.6) is 5.75 Å². The van der Waals surface area contributed by atoms with Gasteiger partial charge in [0, 0.05) is 18.2 Å². The van der Waals surface area contributed by atoms with E-state index in [-0.39, 0.29) is 35.9 Å². The minimum atomic E-state index is -0.141. The zero-order valence-corrected chi connectivity index (χ0v) is 14.9. The molecule has 0 saturated carbocycles. The molecule has 6 nitrogen and oxygen atoms in total. The second-order valence-corrected chi connectivity index (χ2v) is 4.55. The van der Waals surface area contributed by atoms with Gasteiger partial charge in [0.05, 0.1) is 13.7 Å². The monoisotopic (exact) mass is 406 g/mol. The molecule has 7 heteroatoms. The molecule has 1 aromatic rings. The summed E-state index contributed by atoms with van der Waals surface area (Å²) in [6.07, 6.45) is 0. The molecule has 0 heterocycles. The van der Waals surface area contributed by atoms with Gasteiger partial charge >= 0.3 is 0 Å². The van der Waals surface area contributed by atoms with Crippen LogP contribution in [-0.2, 0) is 0 Å². The van der Waals surface area contributed by atoms with Crippen molar-refractivity contribution in [3.8, 4) is 5.75 Å². The highest BCUT2D eigenvalue weighted by Crippen LogP contribution is 2.10. The van der Waals surface area contributed by atoms with Crippen LogP contribution in [0.3, 0.4) is 0 Å². The van der Waals surface area contributed by atoms with Gasteiger partial charge in [0.25, 0.3) is 5.91 Å². The zero-order chi connectivity index (χ0) is 15.0. The second kappa shape index (κ2) is 10.3. The van der Waals surface area contributed by atoms with Gasteiger partial charge in [-0.3, -0.25) is 9.79 Å². The third kappa shape index (κ3) is 7.74. The summed E-state index contributed by atoms with van der Waals surface area (Å²) >= 11 is 0. The van der Waals surface area contributed by atoms with E-state index in [9.17, 15) is 4.79 Å². The molecule has 1 aromatic carbocycles. The number of hydrogen-bond donors (Lipinski definition) is 3. The molecule has 0 bridgehead atoms. The Labute approximate surface area is 142 Å². The number of guanidine groups is 1. The van der Waals surface area contributed by atoms with Crippen LogP contribution in [0.2, 0.25) is 0 Å². The lowest BCUT2D eigenvalue weighted by Gasteiger charge is -2.08. The average Bonchev–Trinajstić information content (AvgIpc) is 2.42. The van der Waals surface area contributed by atoms with Crippen molar-refractivity contribution in [2.45, 2.75) is 19.9 Å². The zero-order valence-electron chi connectivity index (χ0n) is 12.6. The fourth-order valence-electron chi connectivity index (χ4n) is 1.53. The standard InChI is InChI=1S/C14H22N4O2.HI/c1-10(2)18-14(15)17-9-8-16-13(19)11-4-6-12(20-3)7-5-11;/h4-7,10H,8-9H2,1-3H3,(H,16,19)(H3,15,17,18);1H. The number of halogens is 1. The Bertz CT molecular complexity index is 461. The number of nitrogens with one attached hydrogen (secondary N) is 2. The van der Waals surface area contributed by atoms with Crippen molar-refractivity contribution >= 4 is 35.8 Å². The maximum absolute atomic E-state index is 11.8. The number of carbonyl (C=O) groups excluding carboxylic acids is 1. The summed E-state index contributed by atoms with van der Waals surface area (Å²) in [6, 6.07) is 7.17. The fourth-order valence-corrected chi connectivity index (χ4v) is 1.53. The third-order valence-electron chi connectivity index (χ3n) is 2.47. The minimum Gasteiger partial charge on any atom is -0.497 e. The van der Waals surface area contributed by atoms with Crippen LogP contribution < -0.4 is 21.1 Å². The Kier molecular flexibility index (Phi) is 9.51. The van der Waals surface area contributed by atoms with Gasteiger partial charge < -0.3 is 21.1 Å². The summed E-state index contributed by atoms with van der Waals surface area (Å²) in [4.78, 5) is 15.9. The summed E-state index contributed by atoms with van der Waals surface area (Å²) in [7, 11) is 1.59. The molecule has 0 aliphatic rings. The lowest BCUT2D eigenvalue weighted by atomic mass is 10.2. The average molecular weight is 406 g/mol. The van der Waals surface area contributed by atoms with Crippen LogP contribution >= 0.6 is 24.0 Å². The van der Waals surface area contributed by atoms with Crippen LogP contribution in [-0.4, -0.2) is 38.1 Å². The number of methoxy groups -OCH3 is 1. The lowest BCUT2D eigenvalue weighted by molar-refractivity contribution is 0.0955. The van der Waals surface area contributed by atoms with Crippen LogP contribution in [0.4, 0.5) is 0 Å². The van der Waals surface area contributed by atoms with E-state index >= 15 is 0 Å². The Balaban J connectivity index is 0.00000400. The molecular formula is C14H23IN4O2. The highest BCUT2D eigenvalue weighted by atomic mass is 127. The number of nitrogens with zero attached hydrogens (tertiary/aromatic N) is 1.